The highest BCUT2D eigenvalue weighted by Crippen LogP contribution is 2.39. The molecule has 4 unspecified atom stereocenters. The van der Waals surface area contributed by atoms with Crippen LogP contribution in [-0.2, 0) is 12.8 Å². The summed E-state index contributed by atoms with van der Waals surface area (Å²) in [6, 6.07) is 11.7. The molecule has 148 valence electrons. The first-order chi connectivity index (χ1) is 13.5. The molecule has 3 nitrogen and oxygen atoms in total. The third-order valence-electron chi connectivity index (χ3n) is 5.36. The molecule has 2 aromatic rings. The Balaban J connectivity index is 1.63. The molecule has 0 radical (unpaired) electrons. The molecule has 1 fully saturated rings. The zero-order chi connectivity index (χ0) is 20.1. The number of benzene rings is 1. The van der Waals surface area contributed by atoms with Gasteiger partial charge in [0.15, 0.2) is 0 Å². The van der Waals surface area contributed by atoms with Crippen molar-refractivity contribution in [1.29, 1.82) is 0 Å². The van der Waals surface area contributed by atoms with E-state index in [0.29, 0.717) is 11.3 Å². The van der Waals surface area contributed by atoms with Crippen LogP contribution in [0.25, 0.3) is 0 Å². The Morgan fingerprint density at radius 1 is 1.32 bits per heavy atom. The zero-order valence-corrected chi connectivity index (χ0v) is 17.5. The smallest absolute Gasteiger partial charge is 0.345 e. The maximum Gasteiger partial charge on any atom is 0.345 e. The first kappa shape index (κ1) is 20.9. The average molecular weight is 417 g/mol. The van der Waals surface area contributed by atoms with Crippen molar-refractivity contribution in [3.8, 4) is 11.8 Å². The number of carbonyl (C=O) groups is 1. The fraction of sp³-hybridized carbons (Fsp3) is 0.435. The second-order valence-electron chi connectivity index (χ2n) is 7.30. The third-order valence-corrected chi connectivity index (χ3v) is 6.99. The molecule has 0 aliphatic heterocycles. The summed E-state index contributed by atoms with van der Waals surface area (Å²) in [6.07, 6.45) is 3.66. The number of rotatable bonds is 6. The van der Waals surface area contributed by atoms with Gasteiger partial charge in [-0.3, -0.25) is 0 Å². The maximum absolute atomic E-state index is 11.0. The third kappa shape index (κ3) is 5.17. The number of alkyl halides is 1. The molecule has 2 N–H and O–H groups in total. The minimum absolute atomic E-state index is 0.0748. The lowest BCUT2D eigenvalue weighted by molar-refractivity contribution is 0.0702. The summed E-state index contributed by atoms with van der Waals surface area (Å²) < 4.78 is 0. The van der Waals surface area contributed by atoms with Crippen LogP contribution in [-0.4, -0.2) is 27.7 Å². The number of thiophene rings is 1. The fourth-order valence-electron chi connectivity index (χ4n) is 3.80. The number of aromatic carboxylic acids is 1. The van der Waals surface area contributed by atoms with Crippen molar-refractivity contribution < 1.29 is 15.0 Å². The van der Waals surface area contributed by atoms with Gasteiger partial charge in [0.25, 0.3) is 0 Å². The van der Waals surface area contributed by atoms with E-state index in [1.807, 2.05) is 18.2 Å². The van der Waals surface area contributed by atoms with Gasteiger partial charge in [-0.25, -0.2) is 4.79 Å². The molecular weight excluding hydrogens is 392 g/mol. The van der Waals surface area contributed by atoms with Crippen molar-refractivity contribution in [2.24, 2.45) is 11.8 Å². The van der Waals surface area contributed by atoms with E-state index in [1.54, 1.807) is 6.07 Å². The highest BCUT2D eigenvalue weighted by Gasteiger charge is 2.40. The molecule has 4 atom stereocenters. The molecule has 0 bridgehead atoms. The van der Waals surface area contributed by atoms with Crippen LogP contribution < -0.4 is 0 Å². The normalized spacial score (nSPS) is 24.0. The van der Waals surface area contributed by atoms with Gasteiger partial charge < -0.3 is 10.2 Å². The van der Waals surface area contributed by atoms with Gasteiger partial charge in [-0.2, -0.15) is 0 Å². The lowest BCUT2D eigenvalue weighted by atomic mass is 9.90. The van der Waals surface area contributed by atoms with Crippen LogP contribution in [0.1, 0.15) is 51.9 Å². The van der Waals surface area contributed by atoms with Gasteiger partial charge in [-0.15, -0.1) is 22.9 Å². The highest BCUT2D eigenvalue weighted by atomic mass is 35.5. The van der Waals surface area contributed by atoms with Gasteiger partial charge in [0.2, 0.25) is 0 Å². The van der Waals surface area contributed by atoms with Gasteiger partial charge in [0.1, 0.15) is 4.88 Å². The number of carboxylic acid groups (broad SMARTS) is 1. The Kier molecular flexibility index (Phi) is 7.18. The van der Waals surface area contributed by atoms with Crippen molar-refractivity contribution in [3.63, 3.8) is 0 Å². The van der Waals surface area contributed by atoms with E-state index in [9.17, 15) is 9.90 Å². The first-order valence-corrected chi connectivity index (χ1v) is 11.0. The largest absolute Gasteiger partial charge is 0.477 e. The minimum atomic E-state index is -0.876. The van der Waals surface area contributed by atoms with E-state index in [0.717, 1.165) is 36.1 Å². The summed E-state index contributed by atoms with van der Waals surface area (Å²) >= 11 is 7.85. The number of carboxylic acids is 1. The second-order valence-corrected chi connectivity index (χ2v) is 9.02. The minimum Gasteiger partial charge on any atom is -0.477 e. The standard InChI is InChI=1S/C23H25ClO3S/c1-2-15-5-3-6-16(13-15)9-11-19-18(20(24)14-21(19)25)8-4-7-17-10-12-22(28-17)23(26)27/h3,5-6,10,12-13,18-21,25H,2,4,7-8,14H2,1H3,(H,26,27). The molecule has 3 rings (SSSR count). The van der Waals surface area contributed by atoms with Crippen LogP contribution in [0.5, 0.6) is 0 Å². The van der Waals surface area contributed by atoms with Gasteiger partial charge in [-0.05, 0) is 67.9 Å². The molecule has 0 amide bonds. The first-order valence-electron chi connectivity index (χ1n) is 9.72. The Morgan fingerprint density at radius 2 is 2.14 bits per heavy atom. The quantitative estimate of drug-likeness (QED) is 0.515. The van der Waals surface area contributed by atoms with Crippen molar-refractivity contribution in [2.45, 2.75) is 50.5 Å². The van der Waals surface area contributed by atoms with Gasteiger partial charge in [0.05, 0.1) is 12.0 Å². The van der Waals surface area contributed by atoms with E-state index in [1.165, 1.54) is 16.9 Å². The average Bonchev–Trinajstić information content (AvgIpc) is 3.25. The molecule has 1 saturated carbocycles. The van der Waals surface area contributed by atoms with Crippen LogP contribution in [0.3, 0.4) is 0 Å². The van der Waals surface area contributed by atoms with Crippen molar-refractivity contribution >= 4 is 28.9 Å². The number of halogens is 1. The zero-order valence-electron chi connectivity index (χ0n) is 15.9. The second kappa shape index (κ2) is 9.60. The van der Waals surface area contributed by atoms with Gasteiger partial charge >= 0.3 is 5.97 Å². The SMILES string of the molecule is CCc1cccc(C#CC2C(O)CC(Cl)C2CCCc2ccc(C(=O)O)s2)c1. The molecule has 5 heteroatoms. The lowest BCUT2D eigenvalue weighted by Gasteiger charge is -2.18. The van der Waals surface area contributed by atoms with Crippen LogP contribution in [0.15, 0.2) is 36.4 Å². The molecule has 1 aromatic heterocycles. The van der Waals surface area contributed by atoms with Crippen LogP contribution in [0.2, 0.25) is 0 Å². The molecule has 1 aromatic carbocycles. The fourth-order valence-corrected chi connectivity index (χ4v) is 5.15. The Bertz CT molecular complexity index is 879. The van der Waals surface area contributed by atoms with Crippen LogP contribution in [0, 0.1) is 23.7 Å². The summed E-state index contributed by atoms with van der Waals surface area (Å²) in [5, 5.41) is 19.4. The van der Waals surface area contributed by atoms with Crippen molar-refractivity contribution in [2.75, 3.05) is 0 Å². The number of aryl methyl sites for hydroxylation is 2. The number of hydrogen-bond acceptors (Lipinski definition) is 3. The summed E-state index contributed by atoms with van der Waals surface area (Å²) in [5.41, 5.74) is 2.23. The summed E-state index contributed by atoms with van der Waals surface area (Å²) in [5.74, 6) is 5.68. The maximum atomic E-state index is 11.0. The van der Waals surface area contributed by atoms with Crippen LogP contribution >= 0.6 is 22.9 Å². The molecule has 1 aliphatic carbocycles. The molecule has 28 heavy (non-hydrogen) atoms. The molecular formula is C23H25ClO3S. The summed E-state index contributed by atoms with van der Waals surface area (Å²) in [6.45, 7) is 2.12. The summed E-state index contributed by atoms with van der Waals surface area (Å²) in [7, 11) is 0. The predicted molar refractivity (Wildman–Crippen MR) is 114 cm³/mol. The number of hydrogen-bond donors (Lipinski definition) is 2. The van der Waals surface area contributed by atoms with Gasteiger partial charge in [0, 0.05) is 15.8 Å². The summed E-state index contributed by atoms with van der Waals surface area (Å²) in [4.78, 5) is 12.4. The monoisotopic (exact) mass is 416 g/mol. The Labute approximate surface area is 175 Å². The topological polar surface area (TPSA) is 57.5 Å². The van der Waals surface area contributed by atoms with E-state index in [-0.39, 0.29) is 17.2 Å². The Hall–Kier alpha value is -1.80. The van der Waals surface area contributed by atoms with E-state index < -0.39 is 12.1 Å². The molecule has 1 aliphatic rings. The highest BCUT2D eigenvalue weighted by molar-refractivity contribution is 7.13. The predicted octanol–water partition coefficient (Wildman–Crippen LogP) is 4.99. The Morgan fingerprint density at radius 3 is 2.86 bits per heavy atom. The van der Waals surface area contributed by atoms with E-state index >= 15 is 0 Å². The number of aliphatic hydroxyl groups excluding tert-OH is 1. The molecule has 1 heterocycles. The lowest BCUT2D eigenvalue weighted by Crippen LogP contribution is -2.19. The molecule has 0 spiro atoms. The van der Waals surface area contributed by atoms with Gasteiger partial charge in [-0.1, -0.05) is 30.9 Å². The van der Waals surface area contributed by atoms with E-state index in [2.05, 4.69) is 30.9 Å². The van der Waals surface area contributed by atoms with E-state index in [4.69, 9.17) is 16.7 Å². The molecule has 0 saturated heterocycles. The number of aliphatic hydroxyl groups is 1. The van der Waals surface area contributed by atoms with Crippen molar-refractivity contribution in [1.82, 2.24) is 0 Å². The van der Waals surface area contributed by atoms with Crippen LogP contribution in [0.4, 0.5) is 0 Å². The van der Waals surface area contributed by atoms with Crippen molar-refractivity contribution in [3.05, 3.63) is 57.3 Å².